The van der Waals surface area contributed by atoms with Crippen LogP contribution in [0, 0.1) is 0 Å². The van der Waals surface area contributed by atoms with E-state index in [1.54, 1.807) is 41.0 Å². The number of phenols is 1. The highest BCUT2D eigenvalue weighted by Gasteiger charge is 2.47. The summed E-state index contributed by atoms with van der Waals surface area (Å²) in [6.45, 7) is -1.80. The first kappa shape index (κ1) is 27.7. The number of aliphatic hydroxyl groups is 6. The molecule has 2 aliphatic heterocycles. The lowest BCUT2D eigenvalue weighted by molar-refractivity contribution is -0.249. The summed E-state index contributed by atoms with van der Waals surface area (Å²) in [7, 11) is 0. The Bertz CT molecular complexity index is 1940. The number of fused-ring (bicyclic) bond motifs is 10. The van der Waals surface area contributed by atoms with E-state index in [-0.39, 0.29) is 27.6 Å². The molecule has 224 valence electrons. The number of carbonyl (C=O) groups excluding carboxylic acids is 2. The number of benzene rings is 3. The number of hydrazine groups is 1. The van der Waals surface area contributed by atoms with Gasteiger partial charge in [-0.15, -0.1) is 0 Å². The molecule has 2 amide bonds. The molecule has 2 aromatic heterocycles. The summed E-state index contributed by atoms with van der Waals surface area (Å²) in [6, 6.07) is 10.5. The minimum Gasteiger partial charge on any atom is -0.507 e. The Balaban J connectivity index is 1.64. The van der Waals surface area contributed by atoms with Crippen LogP contribution >= 0.6 is 0 Å². The van der Waals surface area contributed by atoms with Crippen molar-refractivity contribution in [2.75, 3.05) is 19.8 Å². The van der Waals surface area contributed by atoms with Gasteiger partial charge in [-0.2, -0.15) is 0 Å². The summed E-state index contributed by atoms with van der Waals surface area (Å²) in [5.41, 5.74) is 4.01. The SMILES string of the molecule is O=C1c2c(c3c4ccccc4n([C@@H]4O[C@H](CO)[C@@H](O)[C@H](O)[C@H]4O)c3c3[nH]c4cccc(O)c4c23)C(=O)N1NC(CO)CO. The fraction of sp³-hybridized carbons (Fsp3) is 0.310. The van der Waals surface area contributed by atoms with Crippen LogP contribution in [0.2, 0.25) is 0 Å². The monoisotopic (exact) mass is 592 g/mol. The predicted molar refractivity (Wildman–Crippen MR) is 151 cm³/mol. The third-order valence-corrected chi connectivity index (χ3v) is 8.41. The average Bonchev–Trinajstić information content (AvgIpc) is 3.64. The maximum Gasteiger partial charge on any atom is 0.276 e. The molecule has 43 heavy (non-hydrogen) atoms. The number of hydrogen-bond donors (Lipinski definition) is 9. The number of carbonyl (C=O) groups is 2. The van der Waals surface area contributed by atoms with E-state index in [1.807, 2.05) is 0 Å². The topological polar surface area (TPSA) is 221 Å². The third kappa shape index (κ3) is 3.70. The highest BCUT2D eigenvalue weighted by Crippen LogP contribution is 2.48. The zero-order valence-electron chi connectivity index (χ0n) is 22.4. The van der Waals surface area contributed by atoms with Crippen LogP contribution in [-0.4, -0.2) is 112 Å². The average molecular weight is 593 g/mol. The first-order chi connectivity index (χ1) is 20.7. The van der Waals surface area contributed by atoms with Crippen molar-refractivity contribution in [3.8, 4) is 5.75 Å². The maximum atomic E-state index is 14.1. The van der Waals surface area contributed by atoms with Gasteiger partial charge in [-0.3, -0.25) is 9.59 Å². The third-order valence-electron chi connectivity index (χ3n) is 8.41. The molecule has 0 bridgehead atoms. The lowest BCUT2D eigenvalue weighted by Crippen LogP contribution is -2.56. The van der Waals surface area contributed by atoms with Crippen LogP contribution in [0.15, 0.2) is 42.5 Å². The zero-order valence-corrected chi connectivity index (χ0v) is 22.4. The number of nitrogens with zero attached hydrogens (tertiary/aromatic N) is 2. The van der Waals surface area contributed by atoms with Crippen molar-refractivity contribution in [2.24, 2.45) is 0 Å². The number of H-pyrrole nitrogens is 1. The van der Waals surface area contributed by atoms with Gasteiger partial charge >= 0.3 is 0 Å². The van der Waals surface area contributed by atoms with Crippen LogP contribution in [0.5, 0.6) is 5.75 Å². The van der Waals surface area contributed by atoms with Crippen LogP contribution in [0.4, 0.5) is 0 Å². The number of imide groups is 1. The standard InChI is InChI=1S/C29H28N4O10/c34-8-11(9-35)31-33-27(41)20-17-12-4-1-2-6-14(12)32(29-26(40)25(39)24(38)16(10-36)43-29)23(17)22-19(21(20)28(33)42)18-13(30-22)5-3-7-15(18)37/h1-7,11,16,24-26,29-31,34-40H,8-10H2/t16-,24-,25+,26-,29-/m1/s1. The number of aromatic nitrogens is 2. The predicted octanol–water partition coefficient (Wildman–Crippen LogP) is -0.439. The van der Waals surface area contributed by atoms with Crippen molar-refractivity contribution in [1.82, 2.24) is 20.0 Å². The normalized spacial score (nSPS) is 24.4. The number of phenolic OH excluding ortho intramolecular Hbond substituents is 1. The van der Waals surface area contributed by atoms with E-state index in [1.165, 1.54) is 6.07 Å². The second-order valence-electron chi connectivity index (χ2n) is 10.8. The number of aromatic hydroxyl groups is 1. The summed E-state index contributed by atoms with van der Waals surface area (Å²) in [4.78, 5) is 31.3. The molecule has 14 heteroatoms. The van der Waals surface area contributed by atoms with Crippen LogP contribution in [-0.2, 0) is 4.74 Å². The van der Waals surface area contributed by atoms with Gasteiger partial charge in [0.25, 0.3) is 11.8 Å². The molecule has 14 nitrogen and oxygen atoms in total. The lowest BCUT2D eigenvalue weighted by atomic mass is 9.96. The zero-order chi connectivity index (χ0) is 30.3. The molecule has 0 radical (unpaired) electrons. The Kier molecular flexibility index (Phi) is 6.42. The summed E-state index contributed by atoms with van der Waals surface area (Å²) >= 11 is 0. The van der Waals surface area contributed by atoms with Gasteiger partial charge < -0.3 is 50.0 Å². The van der Waals surface area contributed by atoms with E-state index >= 15 is 0 Å². The van der Waals surface area contributed by atoms with Gasteiger partial charge in [0, 0.05) is 16.2 Å². The van der Waals surface area contributed by atoms with Gasteiger partial charge in [0.15, 0.2) is 6.23 Å². The minimum atomic E-state index is -1.69. The van der Waals surface area contributed by atoms with Gasteiger partial charge in [0.05, 0.1) is 64.4 Å². The Morgan fingerprint density at radius 1 is 0.860 bits per heavy atom. The molecule has 2 aliphatic rings. The maximum absolute atomic E-state index is 14.1. The van der Waals surface area contributed by atoms with Crippen molar-refractivity contribution in [2.45, 2.75) is 36.7 Å². The first-order valence-corrected chi connectivity index (χ1v) is 13.6. The number of aliphatic hydroxyl groups excluding tert-OH is 6. The van der Waals surface area contributed by atoms with Crippen molar-refractivity contribution in [1.29, 1.82) is 0 Å². The molecule has 3 aromatic carbocycles. The fourth-order valence-electron chi connectivity index (χ4n) is 6.41. The largest absolute Gasteiger partial charge is 0.507 e. The second-order valence-corrected chi connectivity index (χ2v) is 10.8. The Morgan fingerprint density at radius 3 is 2.26 bits per heavy atom. The number of para-hydroxylation sites is 1. The highest BCUT2D eigenvalue weighted by atomic mass is 16.6. The molecule has 7 rings (SSSR count). The van der Waals surface area contributed by atoms with E-state index in [0.29, 0.717) is 32.8 Å². The number of ether oxygens (including phenoxy) is 1. The molecule has 5 atom stereocenters. The van der Waals surface area contributed by atoms with Crippen LogP contribution < -0.4 is 5.43 Å². The number of nitrogens with one attached hydrogen (secondary N) is 2. The van der Waals surface area contributed by atoms with Crippen LogP contribution in [0.1, 0.15) is 26.9 Å². The Morgan fingerprint density at radius 2 is 1.56 bits per heavy atom. The number of aromatic amines is 1. The molecule has 1 fully saturated rings. The van der Waals surface area contributed by atoms with E-state index in [2.05, 4.69) is 10.4 Å². The summed E-state index contributed by atoms with van der Waals surface area (Å²) in [6.07, 6.45) is -7.57. The van der Waals surface area contributed by atoms with Crippen LogP contribution in [0.3, 0.4) is 0 Å². The van der Waals surface area contributed by atoms with E-state index in [0.717, 1.165) is 5.01 Å². The van der Waals surface area contributed by atoms with Crippen molar-refractivity contribution in [3.63, 3.8) is 0 Å². The van der Waals surface area contributed by atoms with E-state index in [9.17, 15) is 45.3 Å². The van der Waals surface area contributed by atoms with Crippen molar-refractivity contribution < 1.29 is 50.1 Å². The molecule has 9 N–H and O–H groups in total. The molecule has 0 spiro atoms. The van der Waals surface area contributed by atoms with E-state index < -0.39 is 68.3 Å². The molecular formula is C29H28N4O10. The Hall–Kier alpha value is -4.12. The van der Waals surface area contributed by atoms with E-state index in [4.69, 9.17) is 4.74 Å². The van der Waals surface area contributed by atoms with Gasteiger partial charge in [-0.05, 0) is 18.2 Å². The van der Waals surface area contributed by atoms with Gasteiger partial charge in [0.1, 0.15) is 30.2 Å². The lowest BCUT2D eigenvalue weighted by Gasteiger charge is -2.41. The Labute approximate surface area is 241 Å². The summed E-state index contributed by atoms with van der Waals surface area (Å²) < 4.78 is 7.51. The first-order valence-electron chi connectivity index (χ1n) is 13.6. The van der Waals surface area contributed by atoms with Gasteiger partial charge in [0.2, 0.25) is 0 Å². The summed E-state index contributed by atoms with van der Waals surface area (Å²) in [5, 5.41) is 74.4. The molecule has 1 saturated heterocycles. The molecule has 5 aromatic rings. The minimum absolute atomic E-state index is 0.0286. The number of amides is 2. The molecule has 0 saturated carbocycles. The van der Waals surface area contributed by atoms with Gasteiger partial charge in [-0.1, -0.05) is 24.3 Å². The highest BCUT2D eigenvalue weighted by molar-refractivity contribution is 6.39. The second kappa shape index (κ2) is 9.97. The molecule has 0 unspecified atom stereocenters. The van der Waals surface area contributed by atoms with Gasteiger partial charge in [-0.25, -0.2) is 10.4 Å². The fourth-order valence-corrected chi connectivity index (χ4v) is 6.41. The van der Waals surface area contributed by atoms with Crippen LogP contribution in [0.25, 0.3) is 43.6 Å². The quantitative estimate of drug-likeness (QED) is 0.115. The smallest absolute Gasteiger partial charge is 0.276 e. The molecule has 0 aliphatic carbocycles. The number of hydrogen-bond acceptors (Lipinski definition) is 11. The number of rotatable bonds is 6. The van der Waals surface area contributed by atoms with Crippen molar-refractivity contribution in [3.05, 3.63) is 53.6 Å². The van der Waals surface area contributed by atoms with Crippen molar-refractivity contribution >= 4 is 55.4 Å². The molecule has 4 heterocycles. The summed E-state index contributed by atoms with van der Waals surface area (Å²) in [5.74, 6) is -1.72. The molecular weight excluding hydrogens is 564 g/mol.